The van der Waals surface area contributed by atoms with E-state index in [2.05, 4.69) is 4.99 Å². The molecule has 1 heterocycles. The number of hydrogen-bond acceptors (Lipinski definition) is 4. The summed E-state index contributed by atoms with van der Waals surface area (Å²) in [5.41, 5.74) is 10.1. The Balaban J connectivity index is 2.54. The topological polar surface area (TPSA) is 73.6 Å². The lowest BCUT2D eigenvalue weighted by Crippen LogP contribution is -2.42. The van der Waals surface area contributed by atoms with Crippen molar-refractivity contribution in [2.75, 3.05) is 25.6 Å². The van der Waals surface area contributed by atoms with Gasteiger partial charge >= 0.3 is 0 Å². The van der Waals surface area contributed by atoms with E-state index >= 15 is 0 Å². The minimum Gasteiger partial charge on any atom is -0.399 e. The van der Waals surface area contributed by atoms with E-state index < -0.39 is 18.0 Å². The smallest absolute Gasteiger partial charge is 0.142 e. The van der Waals surface area contributed by atoms with E-state index in [-0.39, 0.29) is 24.6 Å². The van der Waals surface area contributed by atoms with E-state index in [4.69, 9.17) is 16.2 Å². The molecule has 0 spiro atoms. The fourth-order valence-corrected chi connectivity index (χ4v) is 1.84. The summed E-state index contributed by atoms with van der Waals surface area (Å²) in [6.45, 7) is -0.815. The van der Waals surface area contributed by atoms with Gasteiger partial charge in [-0.1, -0.05) is 0 Å². The van der Waals surface area contributed by atoms with Crippen LogP contribution < -0.4 is 11.5 Å². The molecule has 1 aromatic rings. The van der Waals surface area contributed by atoms with Crippen LogP contribution in [0.15, 0.2) is 23.2 Å². The van der Waals surface area contributed by atoms with Gasteiger partial charge in [-0.15, -0.1) is 0 Å². The minimum atomic E-state index is -1.41. The van der Waals surface area contributed by atoms with E-state index in [1.165, 1.54) is 18.2 Å². The molecule has 0 radical (unpaired) electrons. The van der Waals surface area contributed by atoms with Crippen LogP contribution in [0.4, 0.5) is 14.5 Å². The molecule has 17 heavy (non-hydrogen) atoms. The van der Waals surface area contributed by atoms with Crippen LogP contribution >= 0.6 is 0 Å². The van der Waals surface area contributed by atoms with Crippen molar-refractivity contribution in [1.82, 2.24) is 0 Å². The van der Waals surface area contributed by atoms with Gasteiger partial charge in [0.2, 0.25) is 0 Å². The number of hydrogen-bond donors (Lipinski definition) is 2. The van der Waals surface area contributed by atoms with Gasteiger partial charge in [0.05, 0.1) is 6.61 Å². The maximum Gasteiger partial charge on any atom is 0.142 e. The number of benzene rings is 1. The highest BCUT2D eigenvalue weighted by Gasteiger charge is 2.38. The van der Waals surface area contributed by atoms with Gasteiger partial charge < -0.3 is 16.2 Å². The van der Waals surface area contributed by atoms with Crippen LogP contribution in [-0.4, -0.2) is 25.7 Å². The molecular weight excluding hydrogens is 228 g/mol. The molecule has 0 amide bonds. The summed E-state index contributed by atoms with van der Waals surface area (Å²) in [7, 11) is 0. The third-order valence-electron chi connectivity index (χ3n) is 2.66. The van der Waals surface area contributed by atoms with Crippen molar-refractivity contribution < 1.29 is 13.5 Å². The van der Waals surface area contributed by atoms with E-state index in [0.29, 0.717) is 5.69 Å². The number of nitrogens with zero attached hydrogens (tertiary/aromatic N) is 1. The molecule has 1 aliphatic heterocycles. The fourth-order valence-electron chi connectivity index (χ4n) is 1.84. The van der Waals surface area contributed by atoms with E-state index in [9.17, 15) is 8.78 Å². The van der Waals surface area contributed by atoms with E-state index in [1.54, 1.807) is 0 Å². The van der Waals surface area contributed by atoms with Gasteiger partial charge in [0.1, 0.15) is 30.5 Å². The summed E-state index contributed by atoms with van der Waals surface area (Å²) < 4.78 is 32.1. The Morgan fingerprint density at radius 2 is 2.18 bits per heavy atom. The Morgan fingerprint density at radius 3 is 2.82 bits per heavy atom. The standard InChI is InChI=1S/C11H13F2N3O/c12-5-11(6-17-4-10(15)16-11)8-3-7(14)1-2-9(8)13/h1-3H,4-6,14H2,(H2,15,16). The average Bonchev–Trinajstić information content (AvgIpc) is 2.32. The highest BCUT2D eigenvalue weighted by Crippen LogP contribution is 2.32. The highest BCUT2D eigenvalue weighted by atomic mass is 19.1. The fraction of sp³-hybridized carbons (Fsp3) is 0.364. The van der Waals surface area contributed by atoms with Gasteiger partial charge in [-0.05, 0) is 18.2 Å². The Bertz CT molecular complexity index is 464. The molecule has 4 nitrogen and oxygen atoms in total. The molecule has 1 atom stereocenters. The molecule has 2 rings (SSSR count). The Labute approximate surface area is 97.3 Å². The zero-order valence-corrected chi connectivity index (χ0v) is 9.12. The summed E-state index contributed by atoms with van der Waals surface area (Å²) >= 11 is 0. The summed E-state index contributed by atoms with van der Waals surface area (Å²) in [5.74, 6) is -0.422. The maximum atomic E-state index is 13.7. The first-order chi connectivity index (χ1) is 8.07. The van der Waals surface area contributed by atoms with Crippen LogP contribution in [-0.2, 0) is 10.3 Å². The van der Waals surface area contributed by atoms with E-state index in [1.807, 2.05) is 0 Å². The normalized spacial score (nSPS) is 24.5. The monoisotopic (exact) mass is 241 g/mol. The van der Waals surface area contributed by atoms with Crippen LogP contribution in [0.25, 0.3) is 0 Å². The van der Waals surface area contributed by atoms with Gasteiger partial charge in [0.15, 0.2) is 0 Å². The summed E-state index contributed by atoms with van der Waals surface area (Å²) in [6, 6.07) is 3.95. The third kappa shape index (κ3) is 2.08. The van der Waals surface area contributed by atoms with Crippen molar-refractivity contribution in [2.45, 2.75) is 5.54 Å². The highest BCUT2D eigenvalue weighted by molar-refractivity contribution is 5.82. The van der Waals surface area contributed by atoms with Crippen molar-refractivity contribution in [3.8, 4) is 0 Å². The zero-order chi connectivity index (χ0) is 12.5. The van der Waals surface area contributed by atoms with Crippen molar-refractivity contribution in [1.29, 1.82) is 0 Å². The molecule has 1 unspecified atom stereocenters. The molecule has 1 aliphatic rings. The van der Waals surface area contributed by atoms with Crippen LogP contribution in [0.1, 0.15) is 5.56 Å². The number of nitrogen functional groups attached to an aromatic ring is 1. The Kier molecular flexibility index (Phi) is 2.97. The quantitative estimate of drug-likeness (QED) is 0.757. The number of halogens is 2. The lowest BCUT2D eigenvalue weighted by molar-refractivity contribution is 0.0809. The molecule has 0 saturated carbocycles. The minimum absolute atomic E-state index is 0.0510. The SMILES string of the molecule is NC1=NC(CF)(c2cc(N)ccc2F)COC1. The largest absolute Gasteiger partial charge is 0.399 e. The van der Waals surface area contributed by atoms with Gasteiger partial charge in [0, 0.05) is 11.3 Å². The van der Waals surface area contributed by atoms with Crippen LogP contribution in [0, 0.1) is 5.82 Å². The molecule has 4 N–H and O–H groups in total. The van der Waals surface area contributed by atoms with Gasteiger partial charge in [-0.25, -0.2) is 8.78 Å². The molecule has 0 bridgehead atoms. The van der Waals surface area contributed by atoms with Crippen molar-refractivity contribution in [3.63, 3.8) is 0 Å². The third-order valence-corrected chi connectivity index (χ3v) is 2.66. The predicted octanol–water partition coefficient (Wildman–Crippen LogP) is 0.960. The number of rotatable bonds is 2. The number of amidine groups is 1. The second-order valence-corrected chi connectivity index (χ2v) is 4.00. The number of nitrogens with two attached hydrogens (primary N) is 2. The van der Waals surface area contributed by atoms with Gasteiger partial charge in [0.25, 0.3) is 0 Å². The molecule has 0 saturated heterocycles. The van der Waals surface area contributed by atoms with Crippen LogP contribution in [0.2, 0.25) is 0 Å². The Hall–Kier alpha value is -1.69. The van der Waals surface area contributed by atoms with Crippen LogP contribution in [0.3, 0.4) is 0 Å². The summed E-state index contributed by atoms with van der Waals surface area (Å²) in [6.07, 6.45) is 0. The summed E-state index contributed by atoms with van der Waals surface area (Å²) in [5, 5.41) is 0. The lowest BCUT2D eigenvalue weighted by Gasteiger charge is -2.31. The number of anilines is 1. The van der Waals surface area contributed by atoms with Crippen molar-refractivity contribution in [3.05, 3.63) is 29.6 Å². The molecule has 92 valence electrons. The molecule has 0 aromatic heterocycles. The Morgan fingerprint density at radius 1 is 1.41 bits per heavy atom. The predicted molar refractivity (Wildman–Crippen MR) is 60.9 cm³/mol. The first kappa shape index (κ1) is 11.8. The molecule has 6 heteroatoms. The lowest BCUT2D eigenvalue weighted by atomic mass is 9.91. The number of aliphatic imine (C=N–C) groups is 1. The first-order valence-corrected chi connectivity index (χ1v) is 5.11. The molecule has 1 aromatic carbocycles. The second-order valence-electron chi connectivity index (χ2n) is 4.00. The van der Waals surface area contributed by atoms with E-state index in [0.717, 1.165) is 0 Å². The number of alkyl halides is 1. The van der Waals surface area contributed by atoms with Gasteiger partial charge in [-0.2, -0.15) is 0 Å². The first-order valence-electron chi connectivity index (χ1n) is 5.11. The molecule has 0 aliphatic carbocycles. The average molecular weight is 241 g/mol. The number of ether oxygens (including phenoxy) is 1. The van der Waals surface area contributed by atoms with Crippen molar-refractivity contribution in [2.24, 2.45) is 10.7 Å². The van der Waals surface area contributed by atoms with Crippen LogP contribution in [0.5, 0.6) is 0 Å². The maximum absolute atomic E-state index is 13.7. The van der Waals surface area contributed by atoms with Crippen molar-refractivity contribution >= 4 is 11.5 Å². The second kappa shape index (κ2) is 4.29. The molecule has 0 fully saturated rings. The zero-order valence-electron chi connectivity index (χ0n) is 9.12. The molecular formula is C11H13F2N3O. The summed E-state index contributed by atoms with van der Waals surface area (Å²) in [4.78, 5) is 4.00. The van der Waals surface area contributed by atoms with Gasteiger partial charge in [-0.3, -0.25) is 4.99 Å².